The van der Waals surface area contributed by atoms with Crippen LogP contribution in [-0.2, 0) is 0 Å². The van der Waals surface area contributed by atoms with E-state index in [1.54, 1.807) is 24.2 Å². The van der Waals surface area contributed by atoms with E-state index in [0.29, 0.717) is 18.2 Å². The molecule has 1 aromatic carbocycles. The van der Waals surface area contributed by atoms with E-state index < -0.39 is 0 Å². The maximum Gasteiger partial charge on any atom is 0.257 e. The first-order valence-corrected chi connectivity index (χ1v) is 9.90. The van der Waals surface area contributed by atoms with Crippen LogP contribution in [0.3, 0.4) is 0 Å². The number of hydrogen-bond donors (Lipinski definition) is 0. The fourth-order valence-corrected chi connectivity index (χ4v) is 3.67. The highest BCUT2D eigenvalue weighted by molar-refractivity contribution is 7.98. The lowest BCUT2D eigenvalue weighted by atomic mass is 10.1. The standard InChI is InChI=1S/C19H24N4O2S/c1-22(2)17-18(21-11-10-20-17)25-14-7-6-12-23(13-14)19(24)15-8-4-5-9-16(15)26-3/h4-5,8-11,14H,6-7,12-13H2,1-3H3. The van der Waals surface area contributed by atoms with Gasteiger partial charge >= 0.3 is 0 Å². The van der Waals surface area contributed by atoms with Crippen molar-refractivity contribution in [2.24, 2.45) is 0 Å². The Kier molecular flexibility index (Phi) is 5.98. The van der Waals surface area contributed by atoms with Crippen LogP contribution in [0.5, 0.6) is 5.88 Å². The Labute approximate surface area is 158 Å². The van der Waals surface area contributed by atoms with Gasteiger partial charge in [0.1, 0.15) is 6.10 Å². The number of nitrogens with zero attached hydrogens (tertiary/aromatic N) is 4. The fraction of sp³-hybridized carbons (Fsp3) is 0.421. The molecule has 2 heterocycles. The second-order valence-electron chi connectivity index (χ2n) is 6.41. The molecule has 1 fully saturated rings. The summed E-state index contributed by atoms with van der Waals surface area (Å²) >= 11 is 1.59. The summed E-state index contributed by atoms with van der Waals surface area (Å²) in [6, 6.07) is 7.75. The largest absolute Gasteiger partial charge is 0.470 e. The molecular formula is C19H24N4O2S. The molecule has 0 radical (unpaired) electrons. The Bertz CT molecular complexity index is 769. The number of likely N-dealkylation sites (tertiary alicyclic amines) is 1. The van der Waals surface area contributed by atoms with Crippen molar-refractivity contribution in [2.75, 3.05) is 38.3 Å². The number of carbonyl (C=O) groups excluding carboxylic acids is 1. The van der Waals surface area contributed by atoms with Gasteiger partial charge in [-0.3, -0.25) is 4.79 Å². The van der Waals surface area contributed by atoms with Crippen LogP contribution >= 0.6 is 11.8 Å². The third kappa shape index (κ3) is 4.09. The summed E-state index contributed by atoms with van der Waals surface area (Å²) in [5.74, 6) is 1.28. The molecule has 1 amide bonds. The zero-order valence-electron chi connectivity index (χ0n) is 15.4. The van der Waals surface area contributed by atoms with Crippen LogP contribution in [0.2, 0.25) is 0 Å². The fourth-order valence-electron chi connectivity index (χ4n) is 3.08. The minimum atomic E-state index is -0.0791. The van der Waals surface area contributed by atoms with Gasteiger partial charge in [0.2, 0.25) is 0 Å². The Hall–Kier alpha value is -2.28. The number of thioether (sulfide) groups is 1. The van der Waals surface area contributed by atoms with E-state index >= 15 is 0 Å². The number of ether oxygens (including phenoxy) is 1. The quantitative estimate of drug-likeness (QED) is 0.752. The summed E-state index contributed by atoms with van der Waals surface area (Å²) < 4.78 is 6.11. The van der Waals surface area contributed by atoms with E-state index in [0.717, 1.165) is 29.8 Å². The summed E-state index contributed by atoms with van der Waals surface area (Å²) in [6.07, 6.45) is 7.00. The molecule has 1 saturated heterocycles. The van der Waals surface area contributed by atoms with E-state index in [1.807, 2.05) is 54.4 Å². The monoisotopic (exact) mass is 372 g/mol. The van der Waals surface area contributed by atoms with Gasteiger partial charge in [0.15, 0.2) is 5.82 Å². The zero-order valence-corrected chi connectivity index (χ0v) is 16.2. The maximum atomic E-state index is 13.0. The van der Waals surface area contributed by atoms with Crippen LogP contribution < -0.4 is 9.64 Å². The van der Waals surface area contributed by atoms with Crippen molar-refractivity contribution in [3.05, 3.63) is 42.2 Å². The van der Waals surface area contributed by atoms with Gasteiger partial charge in [-0.2, -0.15) is 0 Å². The molecule has 6 nitrogen and oxygen atoms in total. The van der Waals surface area contributed by atoms with E-state index in [9.17, 15) is 4.79 Å². The van der Waals surface area contributed by atoms with Crippen LogP contribution in [0.4, 0.5) is 5.82 Å². The van der Waals surface area contributed by atoms with Gasteiger partial charge in [-0.25, -0.2) is 9.97 Å². The van der Waals surface area contributed by atoms with E-state index in [4.69, 9.17) is 4.74 Å². The van der Waals surface area contributed by atoms with Gasteiger partial charge < -0.3 is 14.5 Å². The Morgan fingerprint density at radius 1 is 1.27 bits per heavy atom. The van der Waals surface area contributed by atoms with Gasteiger partial charge in [-0.15, -0.1) is 11.8 Å². The number of benzene rings is 1. The van der Waals surface area contributed by atoms with Gasteiger partial charge in [0, 0.05) is 37.9 Å². The van der Waals surface area contributed by atoms with Crippen LogP contribution in [0.25, 0.3) is 0 Å². The predicted octanol–water partition coefficient (Wildman–Crippen LogP) is 2.95. The van der Waals surface area contributed by atoms with Crippen molar-refractivity contribution in [1.29, 1.82) is 0 Å². The number of carbonyl (C=O) groups is 1. The van der Waals surface area contributed by atoms with Gasteiger partial charge in [0.05, 0.1) is 12.1 Å². The first-order chi connectivity index (χ1) is 12.6. The Morgan fingerprint density at radius 2 is 2.04 bits per heavy atom. The molecule has 2 aromatic rings. The van der Waals surface area contributed by atoms with Crippen LogP contribution in [0.1, 0.15) is 23.2 Å². The average molecular weight is 372 g/mol. The van der Waals surface area contributed by atoms with Crippen LogP contribution in [-0.4, -0.2) is 60.3 Å². The molecule has 1 unspecified atom stereocenters. The number of anilines is 1. The molecular weight excluding hydrogens is 348 g/mol. The summed E-state index contributed by atoms with van der Waals surface area (Å²) in [5.41, 5.74) is 0.758. The van der Waals surface area contributed by atoms with Crippen molar-refractivity contribution >= 4 is 23.5 Å². The van der Waals surface area contributed by atoms with Crippen molar-refractivity contribution < 1.29 is 9.53 Å². The molecule has 26 heavy (non-hydrogen) atoms. The second-order valence-corrected chi connectivity index (χ2v) is 7.26. The topological polar surface area (TPSA) is 58.6 Å². The number of hydrogen-bond acceptors (Lipinski definition) is 6. The predicted molar refractivity (Wildman–Crippen MR) is 104 cm³/mol. The van der Waals surface area contributed by atoms with E-state index in [-0.39, 0.29) is 12.0 Å². The molecule has 0 saturated carbocycles. The SMILES string of the molecule is CSc1ccccc1C(=O)N1CCCC(Oc2nccnc2N(C)C)C1. The molecule has 138 valence electrons. The normalized spacial score (nSPS) is 17.0. The number of amides is 1. The molecule has 1 aromatic heterocycles. The highest BCUT2D eigenvalue weighted by Gasteiger charge is 2.27. The molecule has 1 aliphatic rings. The van der Waals surface area contributed by atoms with Crippen molar-refractivity contribution in [3.8, 4) is 5.88 Å². The first-order valence-electron chi connectivity index (χ1n) is 8.67. The average Bonchev–Trinajstić information content (AvgIpc) is 2.68. The number of aromatic nitrogens is 2. The number of piperidine rings is 1. The molecule has 0 aliphatic carbocycles. The molecule has 1 aliphatic heterocycles. The molecule has 3 rings (SSSR count). The van der Waals surface area contributed by atoms with Crippen LogP contribution in [0.15, 0.2) is 41.6 Å². The zero-order chi connectivity index (χ0) is 18.5. The maximum absolute atomic E-state index is 13.0. The summed E-state index contributed by atoms with van der Waals surface area (Å²) in [4.78, 5) is 26.4. The molecule has 7 heteroatoms. The lowest BCUT2D eigenvalue weighted by Gasteiger charge is -2.33. The molecule has 0 N–H and O–H groups in total. The summed E-state index contributed by atoms with van der Waals surface area (Å²) in [6.45, 7) is 1.31. The lowest BCUT2D eigenvalue weighted by molar-refractivity contribution is 0.0525. The summed E-state index contributed by atoms with van der Waals surface area (Å²) in [7, 11) is 3.82. The molecule has 0 bridgehead atoms. The highest BCUT2D eigenvalue weighted by Crippen LogP contribution is 2.26. The minimum absolute atomic E-state index is 0.0650. The van der Waals surface area contributed by atoms with Gasteiger partial charge in [-0.05, 0) is 31.2 Å². The number of rotatable bonds is 5. The van der Waals surface area contributed by atoms with Gasteiger partial charge in [-0.1, -0.05) is 12.1 Å². The van der Waals surface area contributed by atoms with Crippen molar-refractivity contribution in [2.45, 2.75) is 23.8 Å². The van der Waals surface area contributed by atoms with Gasteiger partial charge in [0.25, 0.3) is 11.8 Å². The van der Waals surface area contributed by atoms with Crippen LogP contribution in [0, 0.1) is 0 Å². The van der Waals surface area contributed by atoms with Crippen molar-refractivity contribution in [3.63, 3.8) is 0 Å². The Balaban J connectivity index is 1.73. The summed E-state index contributed by atoms with van der Waals surface area (Å²) in [5, 5.41) is 0. The first kappa shape index (κ1) is 18.5. The third-order valence-electron chi connectivity index (χ3n) is 4.35. The smallest absolute Gasteiger partial charge is 0.257 e. The van der Waals surface area contributed by atoms with E-state index in [1.165, 1.54) is 0 Å². The van der Waals surface area contributed by atoms with Crippen molar-refractivity contribution in [1.82, 2.24) is 14.9 Å². The molecule has 0 spiro atoms. The Morgan fingerprint density at radius 3 is 2.81 bits per heavy atom. The molecule has 1 atom stereocenters. The minimum Gasteiger partial charge on any atom is -0.470 e. The third-order valence-corrected chi connectivity index (χ3v) is 5.15. The highest BCUT2D eigenvalue weighted by atomic mass is 32.2. The second kappa shape index (κ2) is 8.40. The lowest BCUT2D eigenvalue weighted by Crippen LogP contribution is -2.44. The van der Waals surface area contributed by atoms with E-state index in [2.05, 4.69) is 9.97 Å².